The van der Waals surface area contributed by atoms with Gasteiger partial charge in [-0.05, 0) is 36.6 Å². The molecule has 2 rings (SSSR count). The van der Waals surface area contributed by atoms with Gasteiger partial charge in [0.2, 0.25) is 0 Å². The van der Waals surface area contributed by atoms with Crippen molar-refractivity contribution in [2.24, 2.45) is 5.73 Å². The summed E-state index contributed by atoms with van der Waals surface area (Å²) in [5, 5.41) is 0. The third-order valence-electron chi connectivity index (χ3n) is 3.50. The second kappa shape index (κ2) is 5.85. The summed E-state index contributed by atoms with van der Waals surface area (Å²) < 4.78 is 0. The average Bonchev–Trinajstić information content (AvgIpc) is 2.41. The maximum Gasteiger partial charge on any atom is 0.133 e. The molecule has 2 N–H and O–H groups in total. The summed E-state index contributed by atoms with van der Waals surface area (Å²) in [6.45, 7) is 5.58. The van der Waals surface area contributed by atoms with Gasteiger partial charge in [0, 0.05) is 31.9 Å². The van der Waals surface area contributed by atoms with Gasteiger partial charge < -0.3 is 10.6 Å². The van der Waals surface area contributed by atoms with Crippen molar-refractivity contribution in [1.29, 1.82) is 0 Å². The standard InChI is InChI=1S/C16H21N3/c1-12-6-4-5-7-14(12)11-19(3)16-15(10-17)13(2)8-9-18-16/h4-9H,10-11,17H2,1-3H3. The van der Waals surface area contributed by atoms with E-state index in [1.807, 2.05) is 12.3 Å². The zero-order valence-electron chi connectivity index (χ0n) is 11.9. The van der Waals surface area contributed by atoms with E-state index < -0.39 is 0 Å². The Bertz CT molecular complexity index is 564. The van der Waals surface area contributed by atoms with Crippen LogP contribution in [0.15, 0.2) is 36.5 Å². The number of hydrogen-bond acceptors (Lipinski definition) is 3. The molecule has 0 aliphatic carbocycles. The molecule has 0 atom stereocenters. The molecule has 19 heavy (non-hydrogen) atoms. The van der Waals surface area contributed by atoms with Crippen LogP contribution in [0.25, 0.3) is 0 Å². The van der Waals surface area contributed by atoms with Gasteiger partial charge in [-0.3, -0.25) is 0 Å². The fourth-order valence-electron chi connectivity index (χ4n) is 2.27. The molecule has 0 unspecified atom stereocenters. The molecular weight excluding hydrogens is 234 g/mol. The molecule has 0 saturated carbocycles. The van der Waals surface area contributed by atoms with E-state index in [9.17, 15) is 0 Å². The van der Waals surface area contributed by atoms with E-state index in [2.05, 4.69) is 55.0 Å². The third kappa shape index (κ3) is 2.93. The van der Waals surface area contributed by atoms with Crippen molar-refractivity contribution >= 4 is 5.82 Å². The fraction of sp³-hybridized carbons (Fsp3) is 0.312. The number of rotatable bonds is 4. The molecule has 0 fully saturated rings. The molecule has 0 spiro atoms. The Morgan fingerprint density at radius 2 is 1.84 bits per heavy atom. The largest absolute Gasteiger partial charge is 0.355 e. The molecular formula is C16H21N3. The number of aryl methyl sites for hydroxylation is 2. The zero-order valence-corrected chi connectivity index (χ0v) is 11.9. The van der Waals surface area contributed by atoms with Crippen LogP contribution in [0, 0.1) is 13.8 Å². The van der Waals surface area contributed by atoms with E-state index in [-0.39, 0.29) is 0 Å². The minimum absolute atomic E-state index is 0.521. The molecule has 0 aliphatic rings. The fourth-order valence-corrected chi connectivity index (χ4v) is 2.27. The first-order chi connectivity index (χ1) is 9.13. The number of nitrogens with zero attached hydrogens (tertiary/aromatic N) is 2. The van der Waals surface area contributed by atoms with E-state index in [1.54, 1.807) is 0 Å². The lowest BCUT2D eigenvalue weighted by Gasteiger charge is -2.22. The highest BCUT2D eigenvalue weighted by atomic mass is 15.2. The normalized spacial score (nSPS) is 10.5. The second-order valence-corrected chi connectivity index (χ2v) is 4.92. The SMILES string of the molecule is Cc1ccccc1CN(C)c1nccc(C)c1CN. The van der Waals surface area contributed by atoms with E-state index in [0.717, 1.165) is 17.9 Å². The Morgan fingerprint density at radius 1 is 1.11 bits per heavy atom. The van der Waals surface area contributed by atoms with Crippen LogP contribution in [0.2, 0.25) is 0 Å². The highest BCUT2D eigenvalue weighted by Gasteiger charge is 2.11. The summed E-state index contributed by atoms with van der Waals surface area (Å²) in [6.07, 6.45) is 1.85. The molecule has 0 amide bonds. The molecule has 100 valence electrons. The van der Waals surface area contributed by atoms with Gasteiger partial charge in [-0.1, -0.05) is 24.3 Å². The van der Waals surface area contributed by atoms with Crippen molar-refractivity contribution in [2.75, 3.05) is 11.9 Å². The van der Waals surface area contributed by atoms with Gasteiger partial charge in [0.05, 0.1) is 0 Å². The smallest absolute Gasteiger partial charge is 0.133 e. The lowest BCUT2D eigenvalue weighted by molar-refractivity contribution is 0.866. The quantitative estimate of drug-likeness (QED) is 0.913. The van der Waals surface area contributed by atoms with Crippen molar-refractivity contribution in [3.63, 3.8) is 0 Å². The zero-order chi connectivity index (χ0) is 13.8. The topological polar surface area (TPSA) is 42.2 Å². The molecule has 1 aromatic carbocycles. The Kier molecular flexibility index (Phi) is 4.17. The van der Waals surface area contributed by atoms with Gasteiger partial charge in [-0.25, -0.2) is 4.98 Å². The second-order valence-electron chi connectivity index (χ2n) is 4.92. The summed E-state index contributed by atoms with van der Waals surface area (Å²) in [5.74, 6) is 0.978. The maximum atomic E-state index is 5.85. The van der Waals surface area contributed by atoms with Gasteiger partial charge >= 0.3 is 0 Å². The van der Waals surface area contributed by atoms with Crippen LogP contribution in [0.4, 0.5) is 5.82 Å². The van der Waals surface area contributed by atoms with Crippen molar-refractivity contribution in [1.82, 2.24) is 4.98 Å². The van der Waals surface area contributed by atoms with Crippen molar-refractivity contribution < 1.29 is 0 Å². The number of hydrogen-bond donors (Lipinski definition) is 1. The number of aromatic nitrogens is 1. The first-order valence-corrected chi connectivity index (χ1v) is 6.53. The van der Waals surface area contributed by atoms with Crippen LogP contribution in [0.3, 0.4) is 0 Å². The maximum absolute atomic E-state index is 5.85. The highest BCUT2D eigenvalue weighted by molar-refractivity contribution is 5.50. The Morgan fingerprint density at radius 3 is 2.53 bits per heavy atom. The third-order valence-corrected chi connectivity index (χ3v) is 3.50. The molecule has 1 heterocycles. The van der Waals surface area contributed by atoms with Crippen molar-refractivity contribution in [2.45, 2.75) is 26.9 Å². The van der Waals surface area contributed by atoms with Gasteiger partial charge in [0.15, 0.2) is 0 Å². The molecule has 0 radical (unpaired) electrons. The number of benzene rings is 1. The summed E-state index contributed by atoms with van der Waals surface area (Å²) in [6, 6.07) is 10.4. The number of pyridine rings is 1. The van der Waals surface area contributed by atoms with Gasteiger partial charge in [-0.2, -0.15) is 0 Å². The van der Waals surface area contributed by atoms with Crippen LogP contribution in [-0.4, -0.2) is 12.0 Å². The summed E-state index contributed by atoms with van der Waals surface area (Å²) >= 11 is 0. The number of nitrogens with two attached hydrogens (primary N) is 1. The first kappa shape index (κ1) is 13.6. The molecule has 0 aliphatic heterocycles. The van der Waals surface area contributed by atoms with E-state index >= 15 is 0 Å². The van der Waals surface area contributed by atoms with E-state index in [1.165, 1.54) is 16.7 Å². The van der Waals surface area contributed by atoms with Gasteiger partial charge in [-0.15, -0.1) is 0 Å². The summed E-state index contributed by atoms with van der Waals surface area (Å²) in [4.78, 5) is 6.65. The summed E-state index contributed by atoms with van der Waals surface area (Å²) in [7, 11) is 2.06. The van der Waals surface area contributed by atoms with Crippen molar-refractivity contribution in [3.05, 3.63) is 58.8 Å². The molecule has 1 aromatic heterocycles. The Hall–Kier alpha value is -1.87. The van der Waals surface area contributed by atoms with Crippen LogP contribution in [-0.2, 0) is 13.1 Å². The van der Waals surface area contributed by atoms with Crippen molar-refractivity contribution in [3.8, 4) is 0 Å². The van der Waals surface area contributed by atoms with E-state index in [4.69, 9.17) is 5.73 Å². The van der Waals surface area contributed by atoms with Crippen LogP contribution >= 0.6 is 0 Å². The molecule has 2 aromatic rings. The minimum Gasteiger partial charge on any atom is -0.355 e. The predicted octanol–water partition coefficient (Wildman–Crippen LogP) is 2.79. The Balaban J connectivity index is 2.28. The molecule has 3 nitrogen and oxygen atoms in total. The number of anilines is 1. The molecule has 0 bridgehead atoms. The average molecular weight is 255 g/mol. The molecule has 0 saturated heterocycles. The highest BCUT2D eigenvalue weighted by Crippen LogP contribution is 2.21. The Labute approximate surface area is 115 Å². The predicted molar refractivity (Wildman–Crippen MR) is 80.2 cm³/mol. The van der Waals surface area contributed by atoms with Crippen LogP contribution in [0.1, 0.15) is 22.3 Å². The lowest BCUT2D eigenvalue weighted by Crippen LogP contribution is -2.21. The minimum atomic E-state index is 0.521. The first-order valence-electron chi connectivity index (χ1n) is 6.53. The van der Waals surface area contributed by atoms with Crippen LogP contribution < -0.4 is 10.6 Å². The van der Waals surface area contributed by atoms with Gasteiger partial charge in [0.1, 0.15) is 5.82 Å². The summed E-state index contributed by atoms with van der Waals surface area (Å²) in [5.41, 5.74) is 10.8. The van der Waals surface area contributed by atoms with Crippen LogP contribution in [0.5, 0.6) is 0 Å². The lowest BCUT2D eigenvalue weighted by atomic mass is 10.1. The van der Waals surface area contributed by atoms with E-state index in [0.29, 0.717) is 6.54 Å². The molecule has 3 heteroatoms. The monoisotopic (exact) mass is 255 g/mol. The van der Waals surface area contributed by atoms with Gasteiger partial charge in [0.25, 0.3) is 0 Å².